The molecule has 0 atom stereocenters. The van der Waals surface area contributed by atoms with Crippen LogP contribution in [0.4, 0.5) is 4.79 Å². The van der Waals surface area contributed by atoms with Crippen LogP contribution in [0.15, 0.2) is 29.8 Å². The van der Waals surface area contributed by atoms with E-state index in [0.717, 1.165) is 11.3 Å². The van der Waals surface area contributed by atoms with E-state index >= 15 is 0 Å². The Hall–Kier alpha value is -1.97. The minimum absolute atomic E-state index is 0.250. The number of benzene rings is 1. The van der Waals surface area contributed by atoms with Crippen molar-refractivity contribution in [1.29, 1.82) is 0 Å². The predicted octanol–water partition coefficient (Wildman–Crippen LogP) is 3.33. The highest BCUT2D eigenvalue weighted by Gasteiger charge is 2.29. The molecule has 1 aliphatic heterocycles. The summed E-state index contributed by atoms with van der Waals surface area (Å²) in [4.78, 5) is 13.5. The molecular formula is C16H21NO3. The molecule has 0 unspecified atom stereocenters. The third kappa shape index (κ3) is 3.76. The van der Waals surface area contributed by atoms with Crippen LogP contribution in [0, 0.1) is 0 Å². The molecule has 4 nitrogen and oxygen atoms in total. The van der Waals surface area contributed by atoms with Gasteiger partial charge in [0.2, 0.25) is 0 Å². The number of ether oxygens (including phenoxy) is 2. The minimum Gasteiger partial charge on any atom is -0.497 e. The lowest BCUT2D eigenvalue weighted by Gasteiger charge is -2.35. The topological polar surface area (TPSA) is 38.8 Å². The first-order valence-corrected chi connectivity index (χ1v) is 6.69. The van der Waals surface area contributed by atoms with Gasteiger partial charge in [-0.1, -0.05) is 18.2 Å². The van der Waals surface area contributed by atoms with Gasteiger partial charge in [0.1, 0.15) is 11.4 Å². The van der Waals surface area contributed by atoms with Crippen molar-refractivity contribution in [3.63, 3.8) is 0 Å². The van der Waals surface area contributed by atoms with Gasteiger partial charge in [0, 0.05) is 13.1 Å². The lowest BCUT2D eigenvalue weighted by Crippen LogP contribution is -2.46. The van der Waals surface area contributed by atoms with Crippen LogP contribution >= 0.6 is 0 Å². The molecule has 20 heavy (non-hydrogen) atoms. The van der Waals surface area contributed by atoms with Crippen molar-refractivity contribution in [3.8, 4) is 5.75 Å². The normalized spacial score (nSPS) is 14.6. The molecule has 0 bridgehead atoms. The molecule has 108 valence electrons. The average molecular weight is 275 g/mol. The lowest BCUT2D eigenvalue weighted by molar-refractivity contribution is 0.0216. The van der Waals surface area contributed by atoms with Crippen molar-refractivity contribution < 1.29 is 14.3 Å². The highest BCUT2D eigenvalue weighted by atomic mass is 16.6. The van der Waals surface area contributed by atoms with Crippen LogP contribution < -0.4 is 4.74 Å². The fourth-order valence-corrected chi connectivity index (χ4v) is 1.96. The van der Waals surface area contributed by atoms with Crippen LogP contribution in [0.2, 0.25) is 0 Å². The van der Waals surface area contributed by atoms with Gasteiger partial charge in [0.25, 0.3) is 0 Å². The van der Waals surface area contributed by atoms with Gasteiger partial charge < -0.3 is 14.4 Å². The SMILES string of the molecule is COc1cccc(C=C2CN(C(=O)OC(C)(C)C)C2)c1. The Morgan fingerprint density at radius 2 is 2.00 bits per heavy atom. The van der Waals surface area contributed by atoms with E-state index in [0.29, 0.717) is 13.1 Å². The predicted molar refractivity (Wildman–Crippen MR) is 78.8 cm³/mol. The minimum atomic E-state index is -0.441. The standard InChI is InChI=1S/C16H21NO3/c1-16(2,3)20-15(18)17-10-13(11-17)8-12-6-5-7-14(9-12)19-4/h5-9H,10-11H2,1-4H3. The Kier molecular flexibility index (Phi) is 4.02. The first kappa shape index (κ1) is 14.4. The van der Waals surface area contributed by atoms with Crippen LogP contribution in [0.3, 0.4) is 0 Å². The van der Waals surface area contributed by atoms with Crippen molar-refractivity contribution in [2.24, 2.45) is 0 Å². The van der Waals surface area contributed by atoms with E-state index in [1.165, 1.54) is 5.57 Å². The number of rotatable bonds is 2. The largest absolute Gasteiger partial charge is 0.497 e. The van der Waals surface area contributed by atoms with E-state index in [2.05, 4.69) is 6.08 Å². The van der Waals surface area contributed by atoms with E-state index in [4.69, 9.17) is 9.47 Å². The number of nitrogens with zero attached hydrogens (tertiary/aromatic N) is 1. The Bertz CT molecular complexity index is 521. The van der Waals surface area contributed by atoms with E-state index in [1.807, 2.05) is 45.0 Å². The molecule has 1 heterocycles. The highest BCUT2D eigenvalue weighted by molar-refractivity contribution is 5.72. The van der Waals surface area contributed by atoms with Crippen LogP contribution in [-0.2, 0) is 4.74 Å². The molecular weight excluding hydrogens is 254 g/mol. The monoisotopic (exact) mass is 275 g/mol. The molecule has 1 aromatic carbocycles. The number of carbonyl (C=O) groups is 1. The fraction of sp³-hybridized carbons (Fsp3) is 0.438. The van der Waals surface area contributed by atoms with Crippen molar-refractivity contribution in [1.82, 2.24) is 4.90 Å². The van der Waals surface area contributed by atoms with Gasteiger partial charge in [-0.3, -0.25) is 0 Å². The first-order valence-electron chi connectivity index (χ1n) is 6.69. The molecule has 1 aliphatic rings. The summed E-state index contributed by atoms with van der Waals surface area (Å²) >= 11 is 0. The Balaban J connectivity index is 1.92. The molecule has 0 spiro atoms. The van der Waals surface area contributed by atoms with Gasteiger partial charge in [-0.2, -0.15) is 0 Å². The zero-order valence-electron chi connectivity index (χ0n) is 12.5. The molecule has 0 radical (unpaired) electrons. The molecule has 0 N–H and O–H groups in total. The maximum absolute atomic E-state index is 11.8. The van der Waals surface area contributed by atoms with Gasteiger partial charge in [0.15, 0.2) is 0 Å². The van der Waals surface area contributed by atoms with Crippen LogP contribution in [0.5, 0.6) is 5.75 Å². The van der Waals surface area contributed by atoms with E-state index in [1.54, 1.807) is 12.0 Å². The lowest BCUT2D eigenvalue weighted by atomic mass is 10.0. The summed E-state index contributed by atoms with van der Waals surface area (Å²) in [7, 11) is 1.65. The average Bonchev–Trinajstić information content (AvgIpc) is 2.31. The van der Waals surface area contributed by atoms with Crippen molar-refractivity contribution >= 4 is 12.2 Å². The number of hydrogen-bond donors (Lipinski definition) is 0. The van der Waals surface area contributed by atoms with Crippen LogP contribution in [0.1, 0.15) is 26.3 Å². The molecule has 1 saturated heterocycles. The van der Waals surface area contributed by atoms with Gasteiger partial charge in [0.05, 0.1) is 7.11 Å². The quantitative estimate of drug-likeness (QED) is 0.831. The summed E-state index contributed by atoms with van der Waals surface area (Å²) in [5.41, 5.74) is 1.86. The second-order valence-electron chi connectivity index (χ2n) is 5.92. The molecule has 1 amide bonds. The van der Waals surface area contributed by atoms with Gasteiger partial charge >= 0.3 is 6.09 Å². The van der Waals surface area contributed by atoms with Gasteiger partial charge in [-0.15, -0.1) is 0 Å². The summed E-state index contributed by atoms with van der Waals surface area (Å²) in [5, 5.41) is 0. The molecule has 0 aliphatic carbocycles. The van der Waals surface area contributed by atoms with Crippen molar-refractivity contribution in [3.05, 3.63) is 35.4 Å². The third-order valence-corrected chi connectivity index (χ3v) is 2.90. The first-order chi connectivity index (χ1) is 9.37. The third-order valence-electron chi connectivity index (χ3n) is 2.90. The molecule has 1 fully saturated rings. The number of hydrogen-bond acceptors (Lipinski definition) is 3. The zero-order valence-corrected chi connectivity index (χ0v) is 12.5. The summed E-state index contributed by atoms with van der Waals surface area (Å²) in [6.07, 6.45) is 1.84. The van der Waals surface area contributed by atoms with Crippen LogP contribution in [0.25, 0.3) is 6.08 Å². The summed E-state index contributed by atoms with van der Waals surface area (Å²) in [6, 6.07) is 7.86. The fourth-order valence-electron chi connectivity index (χ4n) is 1.96. The van der Waals surface area contributed by atoms with E-state index < -0.39 is 5.60 Å². The molecule has 2 rings (SSSR count). The number of carbonyl (C=O) groups excluding carboxylic acids is 1. The molecule has 1 aromatic rings. The van der Waals surface area contributed by atoms with Gasteiger partial charge in [-0.25, -0.2) is 4.79 Å². The Morgan fingerprint density at radius 3 is 2.60 bits per heavy atom. The summed E-state index contributed by atoms with van der Waals surface area (Å²) in [6.45, 7) is 6.88. The van der Waals surface area contributed by atoms with Crippen molar-refractivity contribution in [2.75, 3.05) is 20.2 Å². The molecule has 0 aromatic heterocycles. The second-order valence-corrected chi connectivity index (χ2v) is 5.92. The molecule has 4 heteroatoms. The zero-order chi connectivity index (χ0) is 14.8. The Morgan fingerprint density at radius 1 is 1.30 bits per heavy atom. The van der Waals surface area contributed by atoms with Crippen LogP contribution in [-0.4, -0.2) is 36.8 Å². The summed E-state index contributed by atoms with van der Waals surface area (Å²) in [5.74, 6) is 0.836. The maximum atomic E-state index is 11.8. The Labute approximate surface area is 120 Å². The maximum Gasteiger partial charge on any atom is 0.410 e. The smallest absolute Gasteiger partial charge is 0.410 e. The number of likely N-dealkylation sites (tertiary alicyclic amines) is 1. The molecule has 0 saturated carbocycles. The summed E-state index contributed by atoms with van der Waals surface area (Å²) < 4.78 is 10.5. The second kappa shape index (κ2) is 5.57. The highest BCUT2D eigenvalue weighted by Crippen LogP contribution is 2.22. The number of amides is 1. The number of methoxy groups -OCH3 is 1. The van der Waals surface area contributed by atoms with Gasteiger partial charge in [-0.05, 0) is 44.0 Å². The van der Waals surface area contributed by atoms with Crippen molar-refractivity contribution in [2.45, 2.75) is 26.4 Å². The van der Waals surface area contributed by atoms with E-state index in [-0.39, 0.29) is 6.09 Å². The van der Waals surface area contributed by atoms with E-state index in [9.17, 15) is 4.79 Å².